The van der Waals surface area contributed by atoms with E-state index in [9.17, 15) is 4.79 Å². The lowest BCUT2D eigenvalue weighted by molar-refractivity contribution is -0.116. The van der Waals surface area contributed by atoms with Gasteiger partial charge in [-0.3, -0.25) is 4.79 Å². The summed E-state index contributed by atoms with van der Waals surface area (Å²) in [7, 11) is 0. The zero-order valence-corrected chi connectivity index (χ0v) is 11.3. The van der Waals surface area contributed by atoms with Crippen LogP contribution < -0.4 is 5.32 Å². The molecule has 100 valence electrons. The van der Waals surface area contributed by atoms with Gasteiger partial charge in [0.05, 0.1) is 18.2 Å². The van der Waals surface area contributed by atoms with Gasteiger partial charge in [0, 0.05) is 18.0 Å². The fourth-order valence-corrected chi connectivity index (χ4v) is 1.94. The lowest BCUT2D eigenvalue weighted by Gasteiger charge is -2.05. The molecule has 1 aromatic carbocycles. The van der Waals surface area contributed by atoms with Crippen LogP contribution >= 0.6 is 11.6 Å². The summed E-state index contributed by atoms with van der Waals surface area (Å²) in [6.45, 7) is 0. The topological polar surface area (TPSA) is 57.8 Å². The number of H-pyrrole nitrogens is 1. The highest BCUT2D eigenvalue weighted by Crippen LogP contribution is 2.18. The molecular formula is C14H16ClN3O. The van der Waals surface area contributed by atoms with E-state index in [-0.39, 0.29) is 5.91 Å². The smallest absolute Gasteiger partial charge is 0.224 e. The Bertz CT molecular complexity index is 508. The molecule has 0 saturated heterocycles. The third-order valence-corrected chi connectivity index (χ3v) is 3.03. The maximum Gasteiger partial charge on any atom is 0.224 e. The van der Waals surface area contributed by atoms with Crippen molar-refractivity contribution < 1.29 is 4.79 Å². The van der Waals surface area contributed by atoms with E-state index in [1.165, 1.54) is 0 Å². The number of nitrogens with one attached hydrogen (secondary N) is 2. The Morgan fingerprint density at radius 1 is 1.26 bits per heavy atom. The zero-order chi connectivity index (χ0) is 13.5. The van der Waals surface area contributed by atoms with Crippen molar-refractivity contribution in [1.29, 1.82) is 0 Å². The molecule has 0 aliphatic carbocycles. The lowest BCUT2D eigenvalue weighted by atomic mass is 10.1. The number of aromatic amines is 1. The molecule has 2 rings (SSSR count). The van der Waals surface area contributed by atoms with Crippen molar-refractivity contribution in [3.8, 4) is 11.3 Å². The Morgan fingerprint density at radius 3 is 2.68 bits per heavy atom. The molecule has 5 heteroatoms. The van der Waals surface area contributed by atoms with Gasteiger partial charge in [0.25, 0.3) is 0 Å². The fourth-order valence-electron chi connectivity index (χ4n) is 1.75. The quantitative estimate of drug-likeness (QED) is 0.628. The van der Waals surface area contributed by atoms with Crippen molar-refractivity contribution in [1.82, 2.24) is 9.97 Å². The summed E-state index contributed by atoms with van der Waals surface area (Å²) in [6.07, 6.45) is 5.60. The van der Waals surface area contributed by atoms with Gasteiger partial charge in [0.15, 0.2) is 0 Å². The van der Waals surface area contributed by atoms with Crippen molar-refractivity contribution in [3.05, 3.63) is 36.8 Å². The van der Waals surface area contributed by atoms with Gasteiger partial charge in [-0.1, -0.05) is 12.1 Å². The van der Waals surface area contributed by atoms with Crippen LogP contribution in [-0.4, -0.2) is 21.8 Å². The van der Waals surface area contributed by atoms with E-state index in [1.54, 1.807) is 12.5 Å². The molecule has 2 aromatic rings. The summed E-state index contributed by atoms with van der Waals surface area (Å²) in [5, 5.41) is 2.87. The van der Waals surface area contributed by atoms with Crippen LogP contribution in [0.3, 0.4) is 0 Å². The van der Waals surface area contributed by atoms with Gasteiger partial charge in [0.1, 0.15) is 0 Å². The molecule has 0 atom stereocenters. The Kier molecular flexibility index (Phi) is 4.98. The van der Waals surface area contributed by atoms with Crippen LogP contribution in [0.15, 0.2) is 36.8 Å². The second kappa shape index (κ2) is 6.95. The van der Waals surface area contributed by atoms with Crippen molar-refractivity contribution in [2.45, 2.75) is 19.3 Å². The maximum absolute atomic E-state index is 11.6. The maximum atomic E-state index is 11.6. The van der Waals surface area contributed by atoms with Crippen LogP contribution in [0.25, 0.3) is 11.3 Å². The summed E-state index contributed by atoms with van der Waals surface area (Å²) in [5.74, 6) is 0.631. The lowest BCUT2D eigenvalue weighted by Crippen LogP contribution is -2.10. The van der Waals surface area contributed by atoms with E-state index in [1.807, 2.05) is 24.3 Å². The minimum atomic E-state index is 0.0272. The molecule has 0 aliphatic heterocycles. The molecule has 2 N–H and O–H groups in total. The minimum Gasteiger partial charge on any atom is -0.345 e. The van der Waals surface area contributed by atoms with Crippen LogP contribution in [-0.2, 0) is 4.79 Å². The highest BCUT2D eigenvalue weighted by molar-refractivity contribution is 6.17. The van der Waals surface area contributed by atoms with E-state index in [0.29, 0.717) is 12.3 Å². The Balaban J connectivity index is 1.90. The molecule has 1 heterocycles. The number of hydrogen-bond donors (Lipinski definition) is 2. The molecule has 4 nitrogen and oxygen atoms in total. The number of aromatic nitrogens is 2. The predicted octanol–water partition coefficient (Wildman–Crippen LogP) is 3.42. The molecule has 1 amide bonds. The van der Waals surface area contributed by atoms with E-state index in [4.69, 9.17) is 11.6 Å². The van der Waals surface area contributed by atoms with E-state index >= 15 is 0 Å². The first-order valence-electron chi connectivity index (χ1n) is 6.24. The average molecular weight is 278 g/mol. The van der Waals surface area contributed by atoms with Crippen LogP contribution in [0.1, 0.15) is 19.3 Å². The number of hydrogen-bond acceptors (Lipinski definition) is 2. The highest BCUT2D eigenvalue weighted by atomic mass is 35.5. The third kappa shape index (κ3) is 4.10. The molecule has 0 spiro atoms. The van der Waals surface area contributed by atoms with Crippen LogP contribution in [0, 0.1) is 0 Å². The number of anilines is 1. The molecule has 0 saturated carbocycles. The number of carbonyl (C=O) groups excluding carboxylic acids is 1. The van der Waals surface area contributed by atoms with Crippen LogP contribution in [0.5, 0.6) is 0 Å². The second-order valence-electron chi connectivity index (χ2n) is 4.24. The number of imidazole rings is 1. The number of halogens is 1. The minimum absolute atomic E-state index is 0.0272. The van der Waals surface area contributed by atoms with Crippen LogP contribution in [0.4, 0.5) is 5.69 Å². The third-order valence-electron chi connectivity index (χ3n) is 2.77. The first-order valence-corrected chi connectivity index (χ1v) is 6.77. The molecular weight excluding hydrogens is 262 g/mol. The number of rotatable bonds is 6. The molecule has 19 heavy (non-hydrogen) atoms. The number of alkyl halides is 1. The summed E-state index contributed by atoms with van der Waals surface area (Å²) in [6, 6.07) is 7.66. The fraction of sp³-hybridized carbons (Fsp3) is 0.286. The first-order chi connectivity index (χ1) is 9.29. The van der Waals surface area contributed by atoms with Gasteiger partial charge in [0.2, 0.25) is 5.91 Å². The Morgan fingerprint density at radius 2 is 2.05 bits per heavy atom. The van der Waals surface area contributed by atoms with Gasteiger partial charge in [-0.05, 0) is 30.5 Å². The van der Waals surface area contributed by atoms with Crippen molar-refractivity contribution in [2.75, 3.05) is 11.2 Å². The van der Waals surface area contributed by atoms with E-state index in [2.05, 4.69) is 15.3 Å². The predicted molar refractivity (Wildman–Crippen MR) is 77.2 cm³/mol. The van der Waals surface area contributed by atoms with E-state index < -0.39 is 0 Å². The summed E-state index contributed by atoms with van der Waals surface area (Å²) in [5.41, 5.74) is 2.80. The molecule has 0 bridgehead atoms. The number of unbranched alkanes of at least 4 members (excludes halogenated alkanes) is 1. The highest BCUT2D eigenvalue weighted by Gasteiger charge is 2.03. The van der Waals surface area contributed by atoms with Gasteiger partial charge in [-0.15, -0.1) is 11.6 Å². The normalized spacial score (nSPS) is 10.4. The number of carbonyl (C=O) groups is 1. The van der Waals surface area contributed by atoms with Gasteiger partial charge < -0.3 is 10.3 Å². The van der Waals surface area contributed by atoms with E-state index in [0.717, 1.165) is 29.8 Å². The summed E-state index contributed by atoms with van der Waals surface area (Å²) < 4.78 is 0. The van der Waals surface area contributed by atoms with Crippen molar-refractivity contribution in [3.63, 3.8) is 0 Å². The van der Waals surface area contributed by atoms with Gasteiger partial charge >= 0.3 is 0 Å². The first kappa shape index (κ1) is 13.6. The average Bonchev–Trinajstić information content (AvgIpc) is 2.94. The standard InChI is InChI=1S/C14H16ClN3O/c15-8-2-1-3-14(19)18-12-6-4-11(5-7-12)13-9-16-10-17-13/h4-7,9-10H,1-3,8H2,(H,16,17)(H,18,19). The largest absolute Gasteiger partial charge is 0.345 e. The second-order valence-corrected chi connectivity index (χ2v) is 4.61. The van der Waals surface area contributed by atoms with Gasteiger partial charge in [-0.25, -0.2) is 4.98 Å². The van der Waals surface area contributed by atoms with Gasteiger partial charge in [-0.2, -0.15) is 0 Å². The Labute approximate surface area is 117 Å². The molecule has 0 aliphatic rings. The zero-order valence-electron chi connectivity index (χ0n) is 10.5. The van der Waals surface area contributed by atoms with Crippen LogP contribution in [0.2, 0.25) is 0 Å². The monoisotopic (exact) mass is 277 g/mol. The molecule has 0 radical (unpaired) electrons. The number of nitrogens with zero attached hydrogens (tertiary/aromatic N) is 1. The summed E-state index contributed by atoms with van der Waals surface area (Å²) in [4.78, 5) is 18.6. The molecule has 0 unspecified atom stereocenters. The SMILES string of the molecule is O=C(CCCCCl)Nc1ccc(-c2cnc[nH]2)cc1. The molecule has 0 fully saturated rings. The molecule has 1 aromatic heterocycles. The summed E-state index contributed by atoms with van der Waals surface area (Å²) >= 11 is 5.57. The van der Waals surface area contributed by atoms with Crippen molar-refractivity contribution in [2.24, 2.45) is 0 Å². The number of amides is 1. The van der Waals surface area contributed by atoms with Crippen molar-refractivity contribution >= 4 is 23.2 Å². The number of benzene rings is 1. The Hall–Kier alpha value is -1.81.